The molecule has 271 valence electrons. The second-order valence-electron chi connectivity index (χ2n) is 14.2. The van der Waals surface area contributed by atoms with Crippen LogP contribution in [0, 0.1) is 12.7 Å². The lowest BCUT2D eigenvalue weighted by atomic mass is 9.88. The molecule has 1 unspecified atom stereocenters. The molecule has 2 aromatic heterocycles. The van der Waals surface area contributed by atoms with Crippen molar-refractivity contribution in [3.63, 3.8) is 0 Å². The monoisotopic (exact) mass is 751 g/mol. The van der Waals surface area contributed by atoms with E-state index in [1.165, 1.54) is 6.07 Å². The summed E-state index contributed by atoms with van der Waals surface area (Å²) in [5.74, 6) is 0.465. The van der Waals surface area contributed by atoms with Crippen LogP contribution in [0.1, 0.15) is 58.6 Å². The van der Waals surface area contributed by atoms with E-state index < -0.39 is 20.6 Å². The van der Waals surface area contributed by atoms with Crippen LogP contribution in [-0.4, -0.2) is 59.1 Å². The number of hydrogen-bond acceptors (Lipinski definition) is 7. The topological polar surface area (TPSA) is 126 Å². The molecular weight excluding hydrogens is 715 g/mol. The Balaban J connectivity index is 0.914. The van der Waals surface area contributed by atoms with Crippen molar-refractivity contribution in [3.05, 3.63) is 116 Å². The van der Waals surface area contributed by atoms with Crippen molar-refractivity contribution in [1.82, 2.24) is 24.4 Å². The molecular formula is C39H37ClFN6O5Si. The molecule has 0 bridgehead atoms. The van der Waals surface area contributed by atoms with Crippen LogP contribution < -0.4 is 20.5 Å². The molecule has 5 heterocycles. The molecule has 0 saturated carbocycles. The highest BCUT2D eigenvalue weighted by Gasteiger charge is 2.43. The Hall–Kier alpha value is -4.95. The molecule has 3 N–H and O–H groups in total. The van der Waals surface area contributed by atoms with Gasteiger partial charge in [-0.25, -0.2) is 14.2 Å². The van der Waals surface area contributed by atoms with Gasteiger partial charge >= 0.3 is 5.69 Å². The number of carbonyl (C=O) groups excluding carboxylic acids is 1. The molecule has 11 nitrogen and oxygen atoms in total. The number of nitrogens with one attached hydrogen (secondary N) is 3. The summed E-state index contributed by atoms with van der Waals surface area (Å²) in [6, 6.07) is 20.8. The first-order chi connectivity index (χ1) is 25.6. The fourth-order valence-corrected chi connectivity index (χ4v) is 9.41. The van der Waals surface area contributed by atoms with Gasteiger partial charge in [0.2, 0.25) is 9.04 Å². The number of benzene rings is 4. The number of nitrogens with zero attached hydrogens (tertiary/aromatic N) is 3. The first-order valence-electron chi connectivity index (χ1n) is 17.8. The third kappa shape index (κ3) is 6.31. The number of aromatic nitrogens is 4. The molecule has 2 fully saturated rings. The quantitative estimate of drug-likeness (QED) is 0.141. The van der Waals surface area contributed by atoms with Crippen LogP contribution in [0.15, 0.2) is 71.5 Å². The van der Waals surface area contributed by atoms with Crippen LogP contribution in [0.2, 0.25) is 11.1 Å². The summed E-state index contributed by atoms with van der Waals surface area (Å²) in [5, 5.41) is 3.30. The van der Waals surface area contributed by atoms with Crippen molar-refractivity contribution in [1.29, 1.82) is 0 Å². The van der Waals surface area contributed by atoms with Gasteiger partial charge < -0.3 is 33.8 Å². The number of fused-ring (bicyclic) bond motifs is 3. The Morgan fingerprint density at radius 2 is 1.92 bits per heavy atom. The molecule has 0 aliphatic carbocycles. The largest absolute Gasteiger partial charge is 0.444 e. The number of ether oxygens (including phenoxy) is 2. The van der Waals surface area contributed by atoms with Crippen LogP contribution in [0.3, 0.4) is 0 Å². The lowest BCUT2D eigenvalue weighted by molar-refractivity contribution is -0.0712. The third-order valence-electron chi connectivity index (χ3n) is 10.6. The number of likely N-dealkylation sites (tertiary alicyclic amines) is 1. The molecule has 9 rings (SSSR count). The summed E-state index contributed by atoms with van der Waals surface area (Å²) < 4.78 is 35.8. The molecule has 53 heavy (non-hydrogen) atoms. The Labute approximate surface area is 310 Å². The molecule has 2 saturated heterocycles. The van der Waals surface area contributed by atoms with Crippen molar-refractivity contribution >= 4 is 54.3 Å². The Morgan fingerprint density at radius 3 is 2.70 bits per heavy atom. The van der Waals surface area contributed by atoms with E-state index in [4.69, 9.17) is 30.5 Å². The van der Waals surface area contributed by atoms with Gasteiger partial charge in [-0.2, -0.15) is 0 Å². The average molecular weight is 752 g/mol. The van der Waals surface area contributed by atoms with Gasteiger partial charge in [-0.15, -0.1) is 0 Å². The number of anilines is 1. The molecule has 1 atom stereocenters. The summed E-state index contributed by atoms with van der Waals surface area (Å²) in [6.45, 7) is 6.82. The van der Waals surface area contributed by atoms with Crippen molar-refractivity contribution in [3.8, 4) is 11.5 Å². The lowest BCUT2D eigenvalue weighted by Gasteiger charge is -2.33. The van der Waals surface area contributed by atoms with Gasteiger partial charge in [-0.05, 0) is 105 Å². The van der Waals surface area contributed by atoms with Crippen molar-refractivity contribution < 1.29 is 23.1 Å². The first kappa shape index (κ1) is 33.9. The van der Waals surface area contributed by atoms with Gasteiger partial charge in [0.1, 0.15) is 11.6 Å². The van der Waals surface area contributed by atoms with Gasteiger partial charge in [0.05, 0.1) is 34.2 Å². The molecule has 6 aromatic rings. The zero-order valence-corrected chi connectivity index (χ0v) is 31.0. The fraction of sp³-hybridized carbons (Fsp3) is 0.308. The SMILES string of the molecule is Cc1cc(NC(=O)c2ccc3c(c2)nc(CN2CCC(c4cccc5c4OC(C)(c4ccc(Cl)cc4F)O5)CC2)n3C[Si]2CCO2)cc2[nH]c(=O)[nH]c12. The predicted octanol–water partition coefficient (Wildman–Crippen LogP) is 7.14. The van der Waals surface area contributed by atoms with E-state index in [0.29, 0.717) is 45.4 Å². The number of rotatable bonds is 8. The summed E-state index contributed by atoms with van der Waals surface area (Å²) in [6.07, 6.45) is 2.63. The number of amides is 1. The van der Waals surface area contributed by atoms with Gasteiger partial charge in [-0.3, -0.25) is 9.69 Å². The van der Waals surface area contributed by atoms with Crippen LogP contribution in [0.4, 0.5) is 10.1 Å². The minimum Gasteiger partial charge on any atom is -0.444 e. The van der Waals surface area contributed by atoms with Crippen LogP contribution in [0.25, 0.3) is 22.1 Å². The van der Waals surface area contributed by atoms with Gasteiger partial charge in [0.15, 0.2) is 11.5 Å². The molecule has 3 aliphatic rings. The molecule has 1 amide bonds. The smallest absolute Gasteiger partial charge is 0.323 e. The second-order valence-corrected chi connectivity index (χ2v) is 16.8. The van der Waals surface area contributed by atoms with E-state index in [1.807, 2.05) is 43.3 Å². The maximum atomic E-state index is 14.9. The zero-order valence-electron chi connectivity index (χ0n) is 29.2. The number of H-pyrrole nitrogens is 2. The van der Waals surface area contributed by atoms with E-state index in [2.05, 4.69) is 30.8 Å². The first-order valence-corrected chi connectivity index (χ1v) is 20.0. The van der Waals surface area contributed by atoms with Crippen molar-refractivity contribution in [2.45, 2.75) is 57.2 Å². The zero-order chi connectivity index (χ0) is 36.4. The Kier molecular flexibility index (Phi) is 8.41. The van der Waals surface area contributed by atoms with Crippen molar-refractivity contribution in [2.75, 3.05) is 25.0 Å². The maximum Gasteiger partial charge on any atom is 0.323 e. The van der Waals surface area contributed by atoms with Crippen molar-refractivity contribution in [2.24, 2.45) is 0 Å². The molecule has 0 spiro atoms. The number of imidazole rings is 2. The number of para-hydroxylation sites is 1. The molecule has 3 aliphatic heterocycles. The number of aryl methyl sites for hydroxylation is 1. The summed E-state index contributed by atoms with van der Waals surface area (Å²) in [5.41, 5.74) is 6.14. The second kappa shape index (κ2) is 13.2. The number of aromatic amines is 2. The minimum absolute atomic E-state index is 0.248. The summed E-state index contributed by atoms with van der Waals surface area (Å²) >= 11 is 6.01. The van der Waals surface area contributed by atoms with E-state index in [0.717, 1.165) is 78.3 Å². The van der Waals surface area contributed by atoms with E-state index in [1.54, 1.807) is 25.1 Å². The molecule has 1 radical (unpaired) electrons. The number of hydrogen-bond donors (Lipinski definition) is 3. The van der Waals surface area contributed by atoms with Crippen LogP contribution in [0.5, 0.6) is 11.5 Å². The van der Waals surface area contributed by atoms with Crippen LogP contribution in [-0.2, 0) is 22.9 Å². The fourth-order valence-electron chi connectivity index (χ4n) is 7.80. The van der Waals surface area contributed by atoms with E-state index in [-0.39, 0.29) is 17.5 Å². The highest BCUT2D eigenvalue weighted by molar-refractivity contribution is 6.53. The Morgan fingerprint density at radius 1 is 1.09 bits per heavy atom. The normalized spacial score (nSPS) is 19.2. The van der Waals surface area contributed by atoms with E-state index in [9.17, 15) is 14.0 Å². The maximum absolute atomic E-state index is 14.9. The Bertz CT molecular complexity index is 2470. The van der Waals surface area contributed by atoms with E-state index >= 15 is 0 Å². The number of piperidine rings is 1. The predicted molar refractivity (Wildman–Crippen MR) is 202 cm³/mol. The highest BCUT2D eigenvalue weighted by atomic mass is 35.5. The number of carbonyl (C=O) groups is 1. The van der Waals surface area contributed by atoms with Gasteiger partial charge in [0.25, 0.3) is 11.7 Å². The van der Waals surface area contributed by atoms with Gasteiger partial charge in [0, 0.05) is 41.5 Å². The van der Waals surface area contributed by atoms with Gasteiger partial charge in [-0.1, -0.05) is 23.7 Å². The standard InChI is InChI=1S/C39H37ClFN6O5Si/c1-22-16-26(19-31-35(22)45-38(49)44-31)42-37(48)24-6-9-32-30(17-24)43-34(47(32)21-53-15-14-50-53)20-46-12-10-23(11-13-46)27-4-3-5-33-36(27)52-39(2,51-33)28-8-7-25(40)18-29(28)41/h3-9,16-19,23H,10-15,20-21H2,1-2H3,(H,42,48)(H2,44,45,49). The minimum atomic E-state index is -1.29. The van der Waals surface area contributed by atoms with Crippen LogP contribution >= 0.6 is 11.6 Å². The highest BCUT2D eigenvalue weighted by Crippen LogP contribution is 2.50. The average Bonchev–Trinajstić information content (AvgIpc) is 3.78. The molecule has 14 heteroatoms. The summed E-state index contributed by atoms with van der Waals surface area (Å²) in [4.78, 5) is 38.3. The lowest BCUT2D eigenvalue weighted by Crippen LogP contribution is -2.37. The number of halogens is 2. The molecule has 4 aromatic carbocycles. The third-order valence-corrected chi connectivity index (χ3v) is 12.9. The summed E-state index contributed by atoms with van der Waals surface area (Å²) in [7, 11) is -0.952.